The van der Waals surface area contributed by atoms with Gasteiger partial charge in [-0.1, -0.05) is 0 Å². The van der Waals surface area contributed by atoms with E-state index in [4.69, 9.17) is 0 Å². The molecule has 2 heterocycles. The van der Waals surface area contributed by atoms with E-state index in [2.05, 4.69) is 33.7 Å². The Morgan fingerprint density at radius 3 is 2.74 bits per heavy atom. The summed E-state index contributed by atoms with van der Waals surface area (Å²) >= 11 is 0. The lowest BCUT2D eigenvalue weighted by Gasteiger charge is -2.14. The van der Waals surface area contributed by atoms with Gasteiger partial charge in [-0.2, -0.15) is 0 Å². The molecule has 2 aliphatic heterocycles. The van der Waals surface area contributed by atoms with Gasteiger partial charge in [-0.3, -0.25) is 0 Å². The minimum atomic E-state index is -3.55. The standard InChI is InChI=1S/C13H16F2N2O2/c1-8-5-10(7-17(8)2)16-9-3-4-11-12(6-9)19-13(14,15)18-11/h3-4,6,8,10,16H,5,7H2,1-2H3. The van der Waals surface area contributed by atoms with Crippen molar-refractivity contribution in [2.45, 2.75) is 31.7 Å². The maximum atomic E-state index is 12.9. The summed E-state index contributed by atoms with van der Waals surface area (Å²) in [7, 11) is 2.08. The fourth-order valence-corrected chi connectivity index (χ4v) is 2.57. The number of halogens is 2. The molecular weight excluding hydrogens is 254 g/mol. The second-order valence-electron chi connectivity index (χ2n) is 5.19. The summed E-state index contributed by atoms with van der Waals surface area (Å²) in [5, 5.41) is 3.34. The molecule has 0 radical (unpaired) electrons. The largest absolute Gasteiger partial charge is 0.586 e. The number of hydrogen-bond donors (Lipinski definition) is 1. The zero-order valence-corrected chi connectivity index (χ0v) is 10.8. The van der Waals surface area contributed by atoms with E-state index >= 15 is 0 Å². The number of nitrogens with zero attached hydrogens (tertiary/aromatic N) is 1. The smallest absolute Gasteiger partial charge is 0.395 e. The summed E-state index contributed by atoms with van der Waals surface area (Å²) in [6.45, 7) is 3.10. The molecule has 1 fully saturated rings. The Kier molecular flexibility index (Phi) is 2.78. The van der Waals surface area contributed by atoms with Gasteiger partial charge in [0.2, 0.25) is 0 Å². The molecule has 1 aromatic rings. The topological polar surface area (TPSA) is 33.7 Å². The lowest BCUT2D eigenvalue weighted by atomic mass is 10.2. The van der Waals surface area contributed by atoms with Crippen LogP contribution in [0.1, 0.15) is 13.3 Å². The predicted molar refractivity (Wildman–Crippen MR) is 66.8 cm³/mol. The summed E-state index contributed by atoms with van der Waals surface area (Å²) in [5.74, 6) is 0.154. The van der Waals surface area contributed by atoms with Crippen molar-refractivity contribution in [3.63, 3.8) is 0 Å². The Labute approximate surface area is 110 Å². The van der Waals surface area contributed by atoms with E-state index in [1.54, 1.807) is 12.1 Å². The fraction of sp³-hybridized carbons (Fsp3) is 0.538. The van der Waals surface area contributed by atoms with Gasteiger partial charge < -0.3 is 19.7 Å². The first kappa shape index (κ1) is 12.5. The van der Waals surface area contributed by atoms with Crippen LogP contribution in [0.15, 0.2) is 18.2 Å². The number of ether oxygens (including phenoxy) is 2. The normalized spacial score (nSPS) is 28.6. The number of likely N-dealkylation sites (N-methyl/N-ethyl adjacent to an activating group) is 1. The van der Waals surface area contributed by atoms with E-state index in [0.29, 0.717) is 12.1 Å². The highest BCUT2D eigenvalue weighted by atomic mass is 19.3. The molecule has 2 unspecified atom stereocenters. The number of alkyl halides is 2. The predicted octanol–water partition coefficient (Wildman–Crippen LogP) is 2.51. The lowest BCUT2D eigenvalue weighted by molar-refractivity contribution is -0.286. The van der Waals surface area contributed by atoms with Gasteiger partial charge >= 0.3 is 6.29 Å². The third-order valence-corrected chi connectivity index (χ3v) is 3.66. The first-order valence-electron chi connectivity index (χ1n) is 6.29. The van der Waals surface area contributed by atoms with Gasteiger partial charge in [-0.15, -0.1) is 8.78 Å². The van der Waals surface area contributed by atoms with Crippen LogP contribution in [0.4, 0.5) is 14.5 Å². The average Bonchev–Trinajstić information content (AvgIpc) is 2.77. The SMILES string of the molecule is CC1CC(Nc2ccc3c(c2)OC(F)(F)O3)CN1C. The molecule has 0 aromatic heterocycles. The van der Waals surface area contributed by atoms with Crippen molar-refractivity contribution < 1.29 is 18.3 Å². The number of nitrogens with one attached hydrogen (secondary N) is 1. The molecule has 6 heteroatoms. The molecule has 0 bridgehead atoms. The Balaban J connectivity index is 1.71. The molecule has 104 valence electrons. The summed E-state index contributed by atoms with van der Waals surface area (Å²) in [4.78, 5) is 2.26. The van der Waals surface area contributed by atoms with Crippen LogP contribution in [0.5, 0.6) is 11.5 Å². The number of rotatable bonds is 2. The number of fused-ring (bicyclic) bond motifs is 1. The molecule has 2 aliphatic rings. The number of benzene rings is 1. The molecule has 3 rings (SSSR count). The van der Waals surface area contributed by atoms with Gasteiger partial charge in [0.15, 0.2) is 11.5 Å². The van der Waals surface area contributed by atoms with Crippen LogP contribution in [0.2, 0.25) is 0 Å². The molecule has 1 N–H and O–H groups in total. The zero-order chi connectivity index (χ0) is 13.6. The maximum Gasteiger partial charge on any atom is 0.586 e. The molecule has 0 saturated carbocycles. The van der Waals surface area contributed by atoms with Crippen molar-refractivity contribution in [1.29, 1.82) is 0 Å². The number of hydrogen-bond acceptors (Lipinski definition) is 4. The van der Waals surface area contributed by atoms with E-state index in [-0.39, 0.29) is 11.5 Å². The monoisotopic (exact) mass is 270 g/mol. The number of likely N-dealkylation sites (tertiary alicyclic amines) is 1. The molecule has 0 amide bonds. The highest BCUT2D eigenvalue weighted by Gasteiger charge is 2.43. The fourth-order valence-electron chi connectivity index (χ4n) is 2.57. The molecular formula is C13H16F2N2O2. The Hall–Kier alpha value is -1.56. The second kappa shape index (κ2) is 4.23. The molecule has 19 heavy (non-hydrogen) atoms. The summed E-state index contributed by atoms with van der Waals surface area (Å²) in [5.41, 5.74) is 0.771. The highest BCUT2D eigenvalue weighted by Crippen LogP contribution is 2.42. The summed E-state index contributed by atoms with van der Waals surface area (Å²) in [6.07, 6.45) is -2.52. The summed E-state index contributed by atoms with van der Waals surface area (Å²) < 4.78 is 34.6. The Morgan fingerprint density at radius 2 is 2.05 bits per heavy atom. The minimum absolute atomic E-state index is 0.0764. The van der Waals surface area contributed by atoms with Crippen LogP contribution in [-0.2, 0) is 0 Å². The van der Waals surface area contributed by atoms with Gasteiger partial charge in [-0.05, 0) is 32.5 Å². The van der Waals surface area contributed by atoms with Crippen molar-refractivity contribution in [1.82, 2.24) is 4.90 Å². The molecule has 0 spiro atoms. The van der Waals surface area contributed by atoms with E-state index in [1.165, 1.54) is 6.07 Å². The number of anilines is 1. The quantitative estimate of drug-likeness (QED) is 0.895. The average molecular weight is 270 g/mol. The van der Waals surface area contributed by atoms with Crippen molar-refractivity contribution in [3.8, 4) is 11.5 Å². The van der Waals surface area contributed by atoms with Gasteiger partial charge in [0.05, 0.1) is 0 Å². The van der Waals surface area contributed by atoms with Gasteiger partial charge in [0.25, 0.3) is 0 Å². The highest BCUT2D eigenvalue weighted by molar-refractivity contribution is 5.56. The van der Waals surface area contributed by atoms with Gasteiger partial charge in [-0.25, -0.2) is 0 Å². The third-order valence-electron chi connectivity index (χ3n) is 3.66. The summed E-state index contributed by atoms with van der Waals surface area (Å²) in [6, 6.07) is 5.63. The molecule has 1 aromatic carbocycles. The first-order valence-corrected chi connectivity index (χ1v) is 6.29. The first-order chi connectivity index (χ1) is 8.93. The molecule has 1 saturated heterocycles. The lowest BCUT2D eigenvalue weighted by Crippen LogP contribution is -2.26. The van der Waals surface area contributed by atoms with Crippen LogP contribution in [0, 0.1) is 0 Å². The molecule has 2 atom stereocenters. The van der Waals surface area contributed by atoms with E-state index in [9.17, 15) is 8.78 Å². The molecule has 4 nitrogen and oxygen atoms in total. The maximum absolute atomic E-state index is 12.9. The van der Waals surface area contributed by atoms with E-state index < -0.39 is 6.29 Å². The van der Waals surface area contributed by atoms with Gasteiger partial charge in [0.1, 0.15) is 0 Å². The van der Waals surface area contributed by atoms with Crippen molar-refractivity contribution in [2.75, 3.05) is 18.9 Å². The van der Waals surface area contributed by atoms with E-state index in [0.717, 1.165) is 18.7 Å². The molecule has 0 aliphatic carbocycles. The third kappa shape index (κ3) is 2.45. The zero-order valence-electron chi connectivity index (χ0n) is 10.8. The second-order valence-corrected chi connectivity index (χ2v) is 5.19. The van der Waals surface area contributed by atoms with Crippen LogP contribution >= 0.6 is 0 Å². The Bertz CT molecular complexity index is 486. The Morgan fingerprint density at radius 1 is 1.32 bits per heavy atom. The van der Waals surface area contributed by atoms with Crippen molar-refractivity contribution in [3.05, 3.63) is 18.2 Å². The van der Waals surface area contributed by atoms with E-state index in [1.807, 2.05) is 0 Å². The van der Waals surface area contributed by atoms with Crippen LogP contribution < -0.4 is 14.8 Å². The van der Waals surface area contributed by atoms with Gasteiger partial charge in [0, 0.05) is 30.4 Å². The van der Waals surface area contributed by atoms with Crippen LogP contribution in [0.25, 0.3) is 0 Å². The minimum Gasteiger partial charge on any atom is -0.395 e. The van der Waals surface area contributed by atoms with Crippen LogP contribution in [0.3, 0.4) is 0 Å². The van der Waals surface area contributed by atoms with Crippen molar-refractivity contribution >= 4 is 5.69 Å². The van der Waals surface area contributed by atoms with Crippen LogP contribution in [-0.4, -0.2) is 36.9 Å². The van der Waals surface area contributed by atoms with Crippen molar-refractivity contribution in [2.24, 2.45) is 0 Å².